The van der Waals surface area contributed by atoms with E-state index >= 15 is 0 Å². The monoisotopic (exact) mass is 247 g/mol. The van der Waals surface area contributed by atoms with Crippen molar-refractivity contribution in [2.75, 3.05) is 4.90 Å². The lowest BCUT2D eigenvalue weighted by molar-refractivity contribution is 0.0988. The molecule has 2 nitrogen and oxygen atoms in total. The maximum Gasteiger partial charge on any atom is 0.259 e. The van der Waals surface area contributed by atoms with E-state index in [1.54, 1.807) is 0 Å². The summed E-state index contributed by atoms with van der Waals surface area (Å²) >= 11 is 0. The number of anilines is 1. The lowest BCUT2D eigenvalue weighted by atomic mass is 9.85. The fourth-order valence-corrected chi connectivity index (χ4v) is 3.37. The molecule has 2 heterocycles. The molecule has 0 fully saturated rings. The van der Waals surface area contributed by atoms with Gasteiger partial charge in [-0.2, -0.15) is 0 Å². The van der Waals surface area contributed by atoms with Gasteiger partial charge >= 0.3 is 0 Å². The standard InChI is InChI=1S/C17H13NO/c1-11-12-7-4-6-10-15(12)18-16(19)13-8-3-5-9-14(13)17(11,18)2/h3-10H,1H2,2H3/t17-/m0/s1. The van der Waals surface area contributed by atoms with E-state index in [-0.39, 0.29) is 5.91 Å². The van der Waals surface area contributed by atoms with E-state index in [9.17, 15) is 4.79 Å². The highest BCUT2D eigenvalue weighted by atomic mass is 16.2. The summed E-state index contributed by atoms with van der Waals surface area (Å²) in [6.45, 7) is 6.33. The fraction of sp³-hybridized carbons (Fsp3) is 0.118. The van der Waals surface area contributed by atoms with Crippen molar-refractivity contribution in [2.24, 2.45) is 0 Å². The highest BCUT2D eigenvalue weighted by Crippen LogP contribution is 2.56. The van der Waals surface area contributed by atoms with Gasteiger partial charge < -0.3 is 0 Å². The average Bonchev–Trinajstić information content (AvgIpc) is 2.82. The van der Waals surface area contributed by atoms with E-state index in [1.807, 2.05) is 53.4 Å². The molecule has 0 unspecified atom stereocenters. The van der Waals surface area contributed by atoms with E-state index in [4.69, 9.17) is 0 Å². The zero-order valence-electron chi connectivity index (χ0n) is 10.7. The molecule has 1 amide bonds. The van der Waals surface area contributed by atoms with E-state index < -0.39 is 5.54 Å². The van der Waals surface area contributed by atoms with Crippen LogP contribution in [0, 0.1) is 0 Å². The summed E-state index contributed by atoms with van der Waals surface area (Å²) in [5, 5.41) is 0. The van der Waals surface area contributed by atoms with Crippen molar-refractivity contribution in [2.45, 2.75) is 12.5 Å². The van der Waals surface area contributed by atoms with Crippen LogP contribution in [0.15, 0.2) is 55.1 Å². The third-order valence-corrected chi connectivity index (χ3v) is 4.39. The number of benzene rings is 2. The first kappa shape index (κ1) is 10.6. The van der Waals surface area contributed by atoms with Crippen LogP contribution >= 0.6 is 0 Å². The molecule has 0 N–H and O–H groups in total. The van der Waals surface area contributed by atoms with E-state index in [2.05, 4.69) is 13.5 Å². The Kier molecular flexibility index (Phi) is 1.75. The maximum atomic E-state index is 12.7. The molecular formula is C17H13NO. The van der Waals surface area contributed by atoms with Crippen LogP contribution in [0.3, 0.4) is 0 Å². The van der Waals surface area contributed by atoms with Crippen molar-refractivity contribution < 1.29 is 4.79 Å². The third kappa shape index (κ3) is 1.01. The highest BCUT2D eigenvalue weighted by molar-refractivity contribution is 6.18. The molecule has 2 aliphatic rings. The zero-order chi connectivity index (χ0) is 13.2. The number of hydrogen-bond donors (Lipinski definition) is 0. The number of rotatable bonds is 0. The summed E-state index contributed by atoms with van der Waals surface area (Å²) in [6, 6.07) is 15.8. The minimum Gasteiger partial charge on any atom is -0.294 e. The molecule has 0 aliphatic carbocycles. The Bertz CT molecular complexity index is 746. The summed E-state index contributed by atoms with van der Waals surface area (Å²) in [7, 11) is 0. The average molecular weight is 247 g/mol. The van der Waals surface area contributed by atoms with E-state index in [0.29, 0.717) is 0 Å². The lowest BCUT2D eigenvalue weighted by Crippen LogP contribution is -2.37. The molecule has 0 radical (unpaired) electrons. The Morgan fingerprint density at radius 1 is 1.00 bits per heavy atom. The van der Waals surface area contributed by atoms with Gasteiger partial charge in [0, 0.05) is 11.1 Å². The van der Waals surface area contributed by atoms with Gasteiger partial charge in [0.15, 0.2) is 0 Å². The maximum absolute atomic E-state index is 12.7. The topological polar surface area (TPSA) is 20.3 Å². The van der Waals surface area contributed by atoms with E-state index in [0.717, 1.165) is 28.0 Å². The largest absolute Gasteiger partial charge is 0.294 e. The van der Waals surface area contributed by atoms with Crippen LogP contribution in [0.5, 0.6) is 0 Å². The molecule has 2 aromatic carbocycles. The van der Waals surface area contributed by atoms with Crippen molar-refractivity contribution in [1.29, 1.82) is 0 Å². The van der Waals surface area contributed by atoms with Crippen LogP contribution < -0.4 is 4.90 Å². The van der Waals surface area contributed by atoms with Gasteiger partial charge in [-0.1, -0.05) is 43.0 Å². The highest BCUT2D eigenvalue weighted by Gasteiger charge is 2.53. The second-order valence-electron chi connectivity index (χ2n) is 5.25. The molecule has 0 aromatic heterocycles. The molecule has 4 rings (SSSR count). The second-order valence-corrected chi connectivity index (χ2v) is 5.25. The van der Waals surface area contributed by atoms with Gasteiger partial charge in [0.05, 0.1) is 11.2 Å². The Labute approximate surface area is 112 Å². The summed E-state index contributed by atoms with van der Waals surface area (Å²) < 4.78 is 0. The van der Waals surface area contributed by atoms with E-state index in [1.165, 1.54) is 0 Å². The van der Waals surface area contributed by atoms with Crippen LogP contribution in [-0.2, 0) is 5.54 Å². The first-order valence-corrected chi connectivity index (χ1v) is 6.38. The number of para-hydroxylation sites is 1. The van der Waals surface area contributed by atoms with Crippen molar-refractivity contribution in [3.05, 3.63) is 71.8 Å². The summed E-state index contributed by atoms with van der Waals surface area (Å²) in [5.74, 6) is 0.0733. The fourth-order valence-electron chi connectivity index (χ4n) is 3.37. The smallest absolute Gasteiger partial charge is 0.259 e. The predicted octanol–water partition coefficient (Wildman–Crippen LogP) is 3.59. The number of carbonyl (C=O) groups excluding carboxylic acids is 1. The molecule has 0 saturated carbocycles. The number of fused-ring (bicyclic) bond motifs is 5. The van der Waals surface area contributed by atoms with Crippen molar-refractivity contribution in [1.82, 2.24) is 0 Å². The molecule has 0 spiro atoms. The minimum absolute atomic E-state index is 0.0733. The Hall–Kier alpha value is -2.35. The summed E-state index contributed by atoms with van der Waals surface area (Å²) in [6.07, 6.45) is 0. The van der Waals surface area contributed by atoms with Gasteiger partial charge in [0.25, 0.3) is 5.91 Å². The molecule has 2 heteroatoms. The van der Waals surface area contributed by atoms with Crippen LogP contribution in [-0.4, -0.2) is 5.91 Å². The molecule has 0 saturated heterocycles. The molecular weight excluding hydrogens is 234 g/mol. The Morgan fingerprint density at radius 2 is 1.63 bits per heavy atom. The van der Waals surface area contributed by atoms with Gasteiger partial charge in [0.1, 0.15) is 0 Å². The Morgan fingerprint density at radius 3 is 2.42 bits per heavy atom. The van der Waals surface area contributed by atoms with Crippen LogP contribution in [0.2, 0.25) is 0 Å². The van der Waals surface area contributed by atoms with Gasteiger partial charge in [-0.25, -0.2) is 0 Å². The molecule has 2 aromatic rings. The van der Waals surface area contributed by atoms with Gasteiger partial charge in [0.2, 0.25) is 0 Å². The predicted molar refractivity (Wildman–Crippen MR) is 76.1 cm³/mol. The zero-order valence-corrected chi connectivity index (χ0v) is 10.7. The van der Waals surface area contributed by atoms with Crippen LogP contribution in [0.25, 0.3) is 5.57 Å². The quantitative estimate of drug-likeness (QED) is 0.696. The van der Waals surface area contributed by atoms with Crippen LogP contribution in [0.4, 0.5) is 5.69 Å². The molecule has 92 valence electrons. The summed E-state index contributed by atoms with van der Waals surface area (Å²) in [5.41, 5.74) is 4.46. The minimum atomic E-state index is -0.433. The lowest BCUT2D eigenvalue weighted by Gasteiger charge is -2.29. The second kappa shape index (κ2) is 3.15. The summed E-state index contributed by atoms with van der Waals surface area (Å²) in [4.78, 5) is 14.6. The first-order valence-electron chi connectivity index (χ1n) is 6.38. The molecule has 19 heavy (non-hydrogen) atoms. The van der Waals surface area contributed by atoms with Crippen LogP contribution in [0.1, 0.15) is 28.4 Å². The first-order chi connectivity index (χ1) is 9.15. The number of hydrogen-bond acceptors (Lipinski definition) is 1. The third-order valence-electron chi connectivity index (χ3n) is 4.39. The van der Waals surface area contributed by atoms with Crippen molar-refractivity contribution in [3.8, 4) is 0 Å². The molecule has 2 aliphatic heterocycles. The van der Waals surface area contributed by atoms with Crippen molar-refractivity contribution >= 4 is 17.2 Å². The normalized spacial score (nSPS) is 23.3. The SMILES string of the molecule is C=C1c2ccccc2N2C(=O)c3ccccc3[C@]12C. The number of carbonyl (C=O) groups is 1. The molecule has 1 atom stereocenters. The van der Waals surface area contributed by atoms with Crippen molar-refractivity contribution in [3.63, 3.8) is 0 Å². The van der Waals surface area contributed by atoms with Gasteiger partial charge in [-0.3, -0.25) is 9.69 Å². The number of amides is 1. The Balaban J connectivity index is 2.08. The molecule has 0 bridgehead atoms. The van der Waals surface area contributed by atoms with Gasteiger partial charge in [-0.15, -0.1) is 0 Å². The van der Waals surface area contributed by atoms with Gasteiger partial charge in [-0.05, 0) is 30.2 Å². The number of nitrogens with zero attached hydrogens (tertiary/aromatic N) is 1.